The molecule has 1 saturated heterocycles. The van der Waals surface area contributed by atoms with Gasteiger partial charge >= 0.3 is 0 Å². The lowest BCUT2D eigenvalue weighted by Gasteiger charge is -2.36. The van der Waals surface area contributed by atoms with Crippen molar-refractivity contribution in [2.45, 2.75) is 19.3 Å². The van der Waals surface area contributed by atoms with E-state index in [-0.39, 0.29) is 5.91 Å². The minimum atomic E-state index is -0.459. The topological polar surface area (TPSA) is 47.6 Å². The van der Waals surface area contributed by atoms with E-state index in [9.17, 15) is 4.79 Å². The van der Waals surface area contributed by atoms with Crippen LogP contribution in [0.3, 0.4) is 0 Å². The predicted molar refractivity (Wildman–Crippen MR) is 108 cm³/mol. The monoisotopic (exact) mass is 365 g/mol. The maximum absolute atomic E-state index is 13.0. The van der Waals surface area contributed by atoms with Crippen molar-refractivity contribution in [1.82, 2.24) is 5.32 Å². The summed E-state index contributed by atoms with van der Waals surface area (Å²) in [7, 11) is 1.68. The molecule has 1 aliphatic rings. The van der Waals surface area contributed by atoms with E-state index in [0.29, 0.717) is 26.2 Å². The Bertz CT molecular complexity index is 794. The van der Waals surface area contributed by atoms with E-state index >= 15 is 0 Å². The Morgan fingerprint density at radius 2 is 1.81 bits per heavy atom. The molecule has 1 amide bonds. The van der Waals surface area contributed by atoms with E-state index < -0.39 is 5.41 Å². The third-order valence-electron chi connectivity index (χ3n) is 5.28. The number of amides is 1. The van der Waals surface area contributed by atoms with Crippen molar-refractivity contribution in [3.05, 3.63) is 66.7 Å². The predicted octanol–water partition coefficient (Wildman–Crippen LogP) is 4.00. The van der Waals surface area contributed by atoms with Crippen molar-refractivity contribution >= 4 is 5.91 Å². The molecule has 0 spiro atoms. The lowest BCUT2D eigenvalue weighted by molar-refractivity contribution is -0.136. The molecule has 0 aliphatic carbocycles. The second kappa shape index (κ2) is 8.87. The van der Waals surface area contributed by atoms with Crippen molar-refractivity contribution in [3.8, 4) is 16.9 Å². The molecule has 0 bridgehead atoms. The number of para-hydroxylation sites is 1. The third-order valence-corrected chi connectivity index (χ3v) is 5.28. The molecule has 0 unspecified atom stereocenters. The quantitative estimate of drug-likeness (QED) is 0.755. The molecule has 3 rings (SSSR count). The highest BCUT2D eigenvalue weighted by atomic mass is 16.5. The number of ether oxygens (including phenoxy) is 2. The van der Waals surface area contributed by atoms with Crippen LogP contribution in [0.15, 0.2) is 61.2 Å². The van der Waals surface area contributed by atoms with Crippen LogP contribution in [0.5, 0.6) is 5.75 Å². The smallest absolute Gasteiger partial charge is 0.226 e. The van der Waals surface area contributed by atoms with Gasteiger partial charge in [-0.2, -0.15) is 0 Å². The highest BCUT2D eigenvalue weighted by Crippen LogP contribution is 2.39. The minimum absolute atomic E-state index is 0.0838. The van der Waals surface area contributed by atoms with Gasteiger partial charge in [0.25, 0.3) is 0 Å². The van der Waals surface area contributed by atoms with Gasteiger partial charge in [-0.25, -0.2) is 0 Å². The average Bonchev–Trinajstić information content (AvgIpc) is 2.73. The van der Waals surface area contributed by atoms with Gasteiger partial charge in [-0.05, 0) is 36.5 Å². The van der Waals surface area contributed by atoms with Crippen molar-refractivity contribution < 1.29 is 14.3 Å². The molecule has 27 heavy (non-hydrogen) atoms. The first-order valence-corrected chi connectivity index (χ1v) is 9.38. The highest BCUT2D eigenvalue weighted by Gasteiger charge is 2.40. The molecule has 0 radical (unpaired) electrons. The van der Waals surface area contributed by atoms with Crippen LogP contribution in [-0.4, -0.2) is 32.8 Å². The summed E-state index contributed by atoms with van der Waals surface area (Å²) in [6.07, 6.45) is 3.83. The van der Waals surface area contributed by atoms with E-state index in [1.54, 1.807) is 13.2 Å². The molecule has 4 nitrogen and oxygen atoms in total. The fourth-order valence-corrected chi connectivity index (χ4v) is 3.77. The van der Waals surface area contributed by atoms with Crippen LogP contribution in [0.1, 0.15) is 18.4 Å². The molecule has 1 fully saturated rings. The summed E-state index contributed by atoms with van der Waals surface area (Å²) in [5.74, 6) is 0.919. The zero-order valence-corrected chi connectivity index (χ0v) is 15.9. The molecular weight excluding hydrogens is 338 g/mol. The fourth-order valence-electron chi connectivity index (χ4n) is 3.77. The van der Waals surface area contributed by atoms with Crippen molar-refractivity contribution in [3.63, 3.8) is 0 Å². The van der Waals surface area contributed by atoms with E-state index in [0.717, 1.165) is 35.3 Å². The number of methoxy groups -OCH3 is 1. The molecule has 1 heterocycles. The Kier molecular flexibility index (Phi) is 6.30. The van der Waals surface area contributed by atoms with Gasteiger partial charge in [0.05, 0.1) is 12.5 Å². The molecule has 0 aromatic heterocycles. The van der Waals surface area contributed by atoms with Crippen LogP contribution in [0.2, 0.25) is 0 Å². The molecule has 0 atom stereocenters. The Labute approximate surface area is 161 Å². The largest absolute Gasteiger partial charge is 0.496 e. The molecule has 2 aromatic rings. The first kappa shape index (κ1) is 19.2. The Morgan fingerprint density at radius 1 is 1.15 bits per heavy atom. The van der Waals surface area contributed by atoms with E-state index in [1.165, 1.54) is 0 Å². The number of carbonyl (C=O) groups is 1. The van der Waals surface area contributed by atoms with Crippen LogP contribution in [-0.2, 0) is 16.0 Å². The van der Waals surface area contributed by atoms with E-state index in [4.69, 9.17) is 9.47 Å². The van der Waals surface area contributed by atoms with Gasteiger partial charge < -0.3 is 14.8 Å². The summed E-state index contributed by atoms with van der Waals surface area (Å²) in [5, 5.41) is 3.01. The number of rotatable bonds is 7. The summed E-state index contributed by atoms with van der Waals surface area (Å²) >= 11 is 0. The molecule has 1 N–H and O–H groups in total. The Hall–Kier alpha value is -2.59. The Balaban J connectivity index is 1.98. The van der Waals surface area contributed by atoms with Gasteiger partial charge in [0.2, 0.25) is 5.91 Å². The third kappa shape index (κ3) is 4.22. The van der Waals surface area contributed by atoms with Gasteiger partial charge in [0.15, 0.2) is 0 Å². The zero-order chi connectivity index (χ0) is 19.1. The molecule has 2 aromatic carbocycles. The molecule has 4 heteroatoms. The Morgan fingerprint density at radius 3 is 2.52 bits per heavy atom. The van der Waals surface area contributed by atoms with Crippen molar-refractivity contribution in [2.24, 2.45) is 5.41 Å². The lowest BCUT2D eigenvalue weighted by Crippen LogP contribution is -2.46. The lowest BCUT2D eigenvalue weighted by atomic mass is 9.73. The normalized spacial score (nSPS) is 15.7. The number of carbonyl (C=O) groups excluding carboxylic acids is 1. The summed E-state index contributed by atoms with van der Waals surface area (Å²) in [4.78, 5) is 13.0. The molecule has 0 saturated carbocycles. The SMILES string of the molecule is C=CCNC(=O)C1(Cc2ccccc2-c2ccccc2OC)CCOCC1. The average molecular weight is 365 g/mol. The van der Waals surface area contributed by atoms with Crippen LogP contribution >= 0.6 is 0 Å². The van der Waals surface area contributed by atoms with Crippen LogP contribution < -0.4 is 10.1 Å². The van der Waals surface area contributed by atoms with E-state index in [1.807, 2.05) is 30.3 Å². The first-order valence-electron chi connectivity index (χ1n) is 9.38. The van der Waals surface area contributed by atoms with Crippen molar-refractivity contribution in [1.29, 1.82) is 0 Å². The van der Waals surface area contributed by atoms with Gasteiger partial charge in [-0.3, -0.25) is 4.79 Å². The summed E-state index contributed by atoms with van der Waals surface area (Å²) in [6.45, 7) is 5.40. The van der Waals surface area contributed by atoms with E-state index in [2.05, 4.69) is 30.1 Å². The van der Waals surface area contributed by atoms with Gasteiger partial charge in [0, 0.05) is 25.3 Å². The van der Waals surface area contributed by atoms with Crippen molar-refractivity contribution in [2.75, 3.05) is 26.9 Å². The van der Waals surface area contributed by atoms with Gasteiger partial charge in [-0.15, -0.1) is 6.58 Å². The van der Waals surface area contributed by atoms with Crippen LogP contribution in [0.25, 0.3) is 11.1 Å². The second-order valence-electron chi connectivity index (χ2n) is 6.93. The standard InChI is InChI=1S/C23H27NO3/c1-3-14-24-22(25)23(12-15-27-16-13-23)17-18-8-4-5-9-19(18)20-10-6-7-11-21(20)26-2/h3-11H,1,12-17H2,2H3,(H,24,25). The maximum Gasteiger partial charge on any atom is 0.226 e. The van der Waals surface area contributed by atoms with Crippen LogP contribution in [0.4, 0.5) is 0 Å². The fraction of sp³-hybridized carbons (Fsp3) is 0.348. The first-order chi connectivity index (χ1) is 13.2. The second-order valence-corrected chi connectivity index (χ2v) is 6.93. The van der Waals surface area contributed by atoms with Gasteiger partial charge in [0.1, 0.15) is 5.75 Å². The summed E-state index contributed by atoms with van der Waals surface area (Å²) < 4.78 is 11.1. The highest BCUT2D eigenvalue weighted by molar-refractivity contribution is 5.84. The zero-order valence-electron chi connectivity index (χ0n) is 15.9. The summed E-state index contributed by atoms with van der Waals surface area (Å²) in [5.41, 5.74) is 2.85. The molecule has 142 valence electrons. The number of hydrogen-bond acceptors (Lipinski definition) is 3. The molecule has 1 aliphatic heterocycles. The molecular formula is C23H27NO3. The minimum Gasteiger partial charge on any atom is -0.496 e. The maximum atomic E-state index is 13.0. The van der Waals surface area contributed by atoms with Crippen LogP contribution in [0, 0.1) is 5.41 Å². The number of hydrogen-bond donors (Lipinski definition) is 1. The number of nitrogens with one attached hydrogen (secondary N) is 1. The van der Waals surface area contributed by atoms with Gasteiger partial charge in [-0.1, -0.05) is 48.5 Å². The summed E-state index contributed by atoms with van der Waals surface area (Å²) in [6, 6.07) is 16.3. The number of benzene rings is 2.